The van der Waals surface area contributed by atoms with Gasteiger partial charge in [-0.05, 0) is 24.1 Å². The molecule has 1 aromatic carbocycles. The van der Waals surface area contributed by atoms with Gasteiger partial charge in [-0.25, -0.2) is 0 Å². The summed E-state index contributed by atoms with van der Waals surface area (Å²) in [5.41, 5.74) is 13.9. The van der Waals surface area contributed by atoms with Crippen LogP contribution in [0.3, 0.4) is 0 Å². The van der Waals surface area contributed by atoms with Crippen LogP contribution in [-0.4, -0.2) is 11.7 Å². The third-order valence-corrected chi connectivity index (χ3v) is 1.92. The maximum Gasteiger partial charge on any atom is 0.0624 e. The molecule has 0 saturated heterocycles. The van der Waals surface area contributed by atoms with Gasteiger partial charge in [0.2, 0.25) is 0 Å². The number of anilines is 1. The summed E-state index contributed by atoms with van der Waals surface area (Å²) in [6.45, 7) is 1.88. The lowest BCUT2D eigenvalue weighted by atomic mass is 10.0. The highest BCUT2D eigenvalue weighted by atomic mass is 16.3. The molecule has 1 aromatic rings. The maximum atomic E-state index is 8.79. The van der Waals surface area contributed by atoms with Crippen LogP contribution in [0.25, 0.3) is 0 Å². The quantitative estimate of drug-likeness (QED) is 0.562. The van der Waals surface area contributed by atoms with Crippen molar-refractivity contribution in [3.8, 4) is 0 Å². The van der Waals surface area contributed by atoms with Crippen LogP contribution < -0.4 is 11.5 Å². The topological polar surface area (TPSA) is 72.3 Å². The highest BCUT2D eigenvalue weighted by molar-refractivity contribution is 5.48. The van der Waals surface area contributed by atoms with Crippen molar-refractivity contribution in [2.45, 2.75) is 13.0 Å². The van der Waals surface area contributed by atoms with Gasteiger partial charge in [-0.1, -0.05) is 12.1 Å². The summed E-state index contributed by atoms with van der Waals surface area (Å²) in [5.74, 6) is 0. The molecule has 3 heteroatoms. The Morgan fingerprint density at radius 2 is 2.17 bits per heavy atom. The molecule has 0 bridgehead atoms. The van der Waals surface area contributed by atoms with E-state index in [2.05, 4.69) is 0 Å². The molecule has 0 aliphatic heterocycles. The second kappa shape index (κ2) is 3.56. The number of hydrogen-bond acceptors (Lipinski definition) is 3. The second-order valence-corrected chi connectivity index (χ2v) is 2.91. The summed E-state index contributed by atoms with van der Waals surface area (Å²) in [6.07, 6.45) is 0. The first kappa shape index (κ1) is 9.03. The molecule has 0 heterocycles. The molecule has 1 unspecified atom stereocenters. The number of nitrogens with two attached hydrogens (primary N) is 2. The summed E-state index contributed by atoms with van der Waals surface area (Å²) in [5, 5.41) is 8.79. The van der Waals surface area contributed by atoms with E-state index in [1.165, 1.54) is 0 Å². The number of aryl methyl sites for hydroxylation is 1. The molecule has 0 aromatic heterocycles. The monoisotopic (exact) mass is 166 g/mol. The normalized spacial score (nSPS) is 12.9. The predicted molar refractivity (Wildman–Crippen MR) is 49.6 cm³/mol. The van der Waals surface area contributed by atoms with Gasteiger partial charge in [0, 0.05) is 5.69 Å². The Hall–Kier alpha value is -1.06. The van der Waals surface area contributed by atoms with E-state index in [-0.39, 0.29) is 12.6 Å². The zero-order valence-corrected chi connectivity index (χ0v) is 7.12. The van der Waals surface area contributed by atoms with Crippen molar-refractivity contribution in [1.29, 1.82) is 0 Å². The molecule has 3 nitrogen and oxygen atoms in total. The van der Waals surface area contributed by atoms with Gasteiger partial charge in [0.1, 0.15) is 0 Å². The van der Waals surface area contributed by atoms with E-state index in [0.717, 1.165) is 16.8 Å². The summed E-state index contributed by atoms with van der Waals surface area (Å²) < 4.78 is 0. The molecule has 0 aliphatic carbocycles. The van der Waals surface area contributed by atoms with E-state index in [9.17, 15) is 0 Å². The Balaban J connectivity index is 2.96. The van der Waals surface area contributed by atoms with Crippen LogP contribution in [0.5, 0.6) is 0 Å². The highest BCUT2D eigenvalue weighted by Gasteiger charge is 2.04. The SMILES string of the molecule is Cc1cc(C(N)CO)ccc1N. The Morgan fingerprint density at radius 3 is 2.67 bits per heavy atom. The first-order valence-electron chi connectivity index (χ1n) is 3.87. The van der Waals surface area contributed by atoms with E-state index in [1.54, 1.807) is 6.07 Å². The van der Waals surface area contributed by atoms with Crippen molar-refractivity contribution in [3.63, 3.8) is 0 Å². The average molecular weight is 166 g/mol. The number of hydrogen-bond donors (Lipinski definition) is 3. The summed E-state index contributed by atoms with van der Waals surface area (Å²) in [4.78, 5) is 0. The molecule has 66 valence electrons. The van der Waals surface area contributed by atoms with Gasteiger partial charge in [-0.2, -0.15) is 0 Å². The van der Waals surface area contributed by atoms with E-state index in [4.69, 9.17) is 16.6 Å². The zero-order chi connectivity index (χ0) is 9.14. The van der Waals surface area contributed by atoms with Gasteiger partial charge < -0.3 is 16.6 Å². The maximum absolute atomic E-state index is 8.79. The number of nitrogen functional groups attached to an aromatic ring is 1. The fourth-order valence-corrected chi connectivity index (χ4v) is 1.03. The first-order valence-corrected chi connectivity index (χ1v) is 3.87. The minimum atomic E-state index is -0.302. The van der Waals surface area contributed by atoms with Crippen LogP contribution in [0.4, 0.5) is 5.69 Å². The Kier molecular flexibility index (Phi) is 2.68. The van der Waals surface area contributed by atoms with Crippen LogP contribution in [0.2, 0.25) is 0 Å². The average Bonchev–Trinajstić information content (AvgIpc) is 2.08. The lowest BCUT2D eigenvalue weighted by molar-refractivity contribution is 0.268. The number of aliphatic hydroxyl groups excluding tert-OH is 1. The summed E-state index contributed by atoms with van der Waals surface area (Å²) >= 11 is 0. The number of aliphatic hydroxyl groups is 1. The molecule has 0 amide bonds. The lowest BCUT2D eigenvalue weighted by Gasteiger charge is -2.09. The minimum Gasteiger partial charge on any atom is -0.399 e. The molecule has 0 fully saturated rings. The van der Waals surface area contributed by atoms with Crippen LogP contribution >= 0.6 is 0 Å². The lowest BCUT2D eigenvalue weighted by Crippen LogP contribution is -2.14. The van der Waals surface area contributed by atoms with Gasteiger partial charge in [-0.3, -0.25) is 0 Å². The molecular formula is C9H14N2O. The van der Waals surface area contributed by atoms with Gasteiger partial charge in [0.25, 0.3) is 0 Å². The standard InChI is InChI=1S/C9H14N2O/c1-6-4-7(9(11)5-12)2-3-8(6)10/h2-4,9,12H,5,10-11H2,1H3. The smallest absolute Gasteiger partial charge is 0.0624 e. The van der Waals surface area contributed by atoms with E-state index >= 15 is 0 Å². The first-order chi connectivity index (χ1) is 5.65. The number of rotatable bonds is 2. The third kappa shape index (κ3) is 1.75. The van der Waals surface area contributed by atoms with Gasteiger partial charge in [0.15, 0.2) is 0 Å². The number of benzene rings is 1. The molecule has 0 radical (unpaired) electrons. The third-order valence-electron chi connectivity index (χ3n) is 1.92. The van der Waals surface area contributed by atoms with Crippen molar-refractivity contribution < 1.29 is 5.11 Å². The van der Waals surface area contributed by atoms with Gasteiger partial charge >= 0.3 is 0 Å². The molecule has 12 heavy (non-hydrogen) atoms. The van der Waals surface area contributed by atoms with Crippen molar-refractivity contribution in [1.82, 2.24) is 0 Å². The van der Waals surface area contributed by atoms with Crippen molar-refractivity contribution in [2.75, 3.05) is 12.3 Å². The zero-order valence-electron chi connectivity index (χ0n) is 7.12. The Bertz CT molecular complexity index is 273. The minimum absolute atomic E-state index is 0.0383. The van der Waals surface area contributed by atoms with Crippen molar-refractivity contribution in [3.05, 3.63) is 29.3 Å². The molecule has 5 N–H and O–H groups in total. The summed E-state index contributed by atoms with van der Waals surface area (Å²) in [6, 6.07) is 5.24. The van der Waals surface area contributed by atoms with E-state index in [1.807, 2.05) is 19.1 Å². The highest BCUT2D eigenvalue weighted by Crippen LogP contribution is 2.16. The fourth-order valence-electron chi connectivity index (χ4n) is 1.03. The molecule has 0 saturated carbocycles. The van der Waals surface area contributed by atoms with Gasteiger partial charge in [0.05, 0.1) is 12.6 Å². The molecular weight excluding hydrogens is 152 g/mol. The molecule has 1 rings (SSSR count). The Morgan fingerprint density at radius 1 is 1.50 bits per heavy atom. The van der Waals surface area contributed by atoms with Crippen LogP contribution in [0.1, 0.15) is 17.2 Å². The van der Waals surface area contributed by atoms with Crippen molar-refractivity contribution in [2.24, 2.45) is 5.73 Å². The van der Waals surface area contributed by atoms with E-state index < -0.39 is 0 Å². The summed E-state index contributed by atoms with van der Waals surface area (Å²) in [7, 11) is 0. The van der Waals surface area contributed by atoms with Crippen molar-refractivity contribution >= 4 is 5.69 Å². The van der Waals surface area contributed by atoms with Gasteiger partial charge in [-0.15, -0.1) is 0 Å². The van der Waals surface area contributed by atoms with Crippen LogP contribution in [-0.2, 0) is 0 Å². The fraction of sp³-hybridized carbons (Fsp3) is 0.333. The van der Waals surface area contributed by atoms with Crippen LogP contribution in [0.15, 0.2) is 18.2 Å². The van der Waals surface area contributed by atoms with E-state index in [0.29, 0.717) is 0 Å². The molecule has 0 spiro atoms. The largest absolute Gasteiger partial charge is 0.399 e. The molecule has 1 atom stereocenters. The second-order valence-electron chi connectivity index (χ2n) is 2.91. The Labute approximate surface area is 72.0 Å². The van der Waals surface area contributed by atoms with Crippen LogP contribution in [0, 0.1) is 6.92 Å². The molecule has 0 aliphatic rings. The predicted octanol–water partition coefficient (Wildman–Crippen LogP) is 0.569.